The van der Waals surface area contributed by atoms with E-state index >= 15 is 0 Å². The number of hydrogen-bond donors (Lipinski definition) is 2. The van der Waals surface area contributed by atoms with E-state index < -0.39 is 53.6 Å². The van der Waals surface area contributed by atoms with Crippen LogP contribution in [-0.4, -0.2) is 82.1 Å². The van der Waals surface area contributed by atoms with Gasteiger partial charge in [-0.25, -0.2) is 0 Å². The fourth-order valence-electron chi connectivity index (χ4n) is 7.04. The van der Waals surface area contributed by atoms with Crippen molar-refractivity contribution in [1.82, 2.24) is 15.1 Å². The Hall–Kier alpha value is -4.28. The largest absolute Gasteiger partial charge is 0.455 e. The van der Waals surface area contributed by atoms with Crippen LogP contribution in [-0.2, 0) is 35.2 Å². The van der Waals surface area contributed by atoms with Crippen LogP contribution in [0.2, 0.25) is 0 Å². The molecule has 0 bridgehead atoms. The molecule has 0 saturated carbocycles. The Morgan fingerprint density at radius 2 is 1.70 bits per heavy atom. The number of rotatable bonds is 5. The molecule has 3 amide bonds. The lowest BCUT2D eigenvalue weighted by atomic mass is 9.77. The molecule has 2 N–H and O–H groups in total. The zero-order chi connectivity index (χ0) is 30.8. The summed E-state index contributed by atoms with van der Waals surface area (Å²) in [6.07, 6.45) is 6.00. The molecule has 44 heavy (non-hydrogen) atoms. The number of β-amino-alcohol motifs (C(OH)–C–C–N with tert-alkyl or cyclic N) is 1. The number of esters is 1. The van der Waals surface area contributed by atoms with Gasteiger partial charge >= 0.3 is 5.97 Å². The molecule has 10 nitrogen and oxygen atoms in total. The van der Waals surface area contributed by atoms with Gasteiger partial charge in [0.25, 0.3) is 0 Å². The first-order valence-corrected chi connectivity index (χ1v) is 15.1. The van der Waals surface area contributed by atoms with Gasteiger partial charge in [0.15, 0.2) is 0 Å². The zero-order valence-corrected chi connectivity index (χ0v) is 24.6. The SMILES string of the molecule is C[C@H]1NC(=O)CC/C=C\[C@H]2O[C@]34C=CCN(Cc5ccccc5)C(=O)[C@H]3N(CCO)C(=O)[C@@H]4[C@H]2C(=O)O[C@@H]1c1ccccc1. The monoisotopic (exact) mass is 599 g/mol. The molecule has 2 aromatic carbocycles. The van der Waals surface area contributed by atoms with E-state index in [-0.39, 0.29) is 31.4 Å². The van der Waals surface area contributed by atoms with Gasteiger partial charge in [0.05, 0.1) is 24.7 Å². The molecular weight excluding hydrogens is 562 g/mol. The van der Waals surface area contributed by atoms with Crippen molar-refractivity contribution in [2.45, 2.75) is 56.2 Å². The van der Waals surface area contributed by atoms with Gasteiger partial charge in [-0.1, -0.05) is 85.0 Å². The predicted octanol–water partition coefficient (Wildman–Crippen LogP) is 2.30. The topological polar surface area (TPSA) is 125 Å². The van der Waals surface area contributed by atoms with Crippen molar-refractivity contribution in [2.75, 3.05) is 19.7 Å². The summed E-state index contributed by atoms with van der Waals surface area (Å²) < 4.78 is 12.8. The highest BCUT2D eigenvalue weighted by molar-refractivity contribution is 5.99. The van der Waals surface area contributed by atoms with E-state index in [1.807, 2.05) is 66.7 Å². The summed E-state index contributed by atoms with van der Waals surface area (Å²) in [5.41, 5.74) is 0.185. The molecule has 230 valence electrons. The number of ether oxygens (including phenoxy) is 2. The van der Waals surface area contributed by atoms with Crippen molar-refractivity contribution in [3.05, 3.63) is 96.1 Å². The highest BCUT2D eigenvalue weighted by atomic mass is 16.6. The standard InChI is InChI=1S/C34H37N3O7/c1-22-29(24-13-6-3-7-14-24)43-33(42)27-25(15-8-9-16-26(39)35-22)44-34-17-10-18-36(21-23-11-4-2-5-12-23)32(41)30(34)37(19-20-38)31(40)28(27)34/h2-8,10-15,17,22,25,27-30,38H,9,16,18-21H2,1H3,(H,35,39)/b15-8-/t22-,25-,27+,28+,29+,30-,34+/m1/s1. The molecule has 0 unspecified atom stereocenters. The lowest BCUT2D eigenvalue weighted by Gasteiger charge is -2.35. The van der Waals surface area contributed by atoms with Gasteiger partial charge in [-0.05, 0) is 24.5 Å². The minimum Gasteiger partial charge on any atom is -0.455 e. The summed E-state index contributed by atoms with van der Waals surface area (Å²) >= 11 is 0. The Morgan fingerprint density at radius 3 is 2.43 bits per heavy atom. The number of allylic oxidation sites excluding steroid dienone is 1. The fourth-order valence-corrected chi connectivity index (χ4v) is 7.04. The molecule has 1 spiro atoms. The average molecular weight is 600 g/mol. The van der Waals surface area contributed by atoms with Crippen LogP contribution in [0.25, 0.3) is 0 Å². The Morgan fingerprint density at radius 1 is 0.977 bits per heavy atom. The van der Waals surface area contributed by atoms with Crippen LogP contribution < -0.4 is 5.32 Å². The normalized spacial score (nSPS) is 32.9. The number of nitrogens with one attached hydrogen (secondary N) is 1. The second-order valence-corrected chi connectivity index (χ2v) is 11.8. The summed E-state index contributed by atoms with van der Waals surface area (Å²) in [5.74, 6) is -3.69. The van der Waals surface area contributed by atoms with Crippen molar-refractivity contribution in [3.8, 4) is 0 Å². The number of amides is 3. The molecule has 0 radical (unpaired) electrons. The van der Waals surface area contributed by atoms with Crippen molar-refractivity contribution in [2.24, 2.45) is 11.8 Å². The number of carbonyl (C=O) groups is 4. The molecule has 0 aliphatic carbocycles. The number of aliphatic hydroxyl groups excluding tert-OH is 1. The Balaban J connectivity index is 1.40. The van der Waals surface area contributed by atoms with Crippen LogP contribution in [0.3, 0.4) is 0 Å². The number of hydrogen-bond acceptors (Lipinski definition) is 7. The smallest absolute Gasteiger partial charge is 0.313 e. The molecule has 7 atom stereocenters. The third-order valence-electron chi connectivity index (χ3n) is 8.98. The van der Waals surface area contributed by atoms with Crippen molar-refractivity contribution < 1.29 is 33.8 Å². The number of carbonyl (C=O) groups excluding carboxylic acids is 4. The van der Waals surface area contributed by atoms with E-state index in [0.29, 0.717) is 25.1 Å². The Labute approximate surface area is 256 Å². The lowest BCUT2D eigenvalue weighted by Crippen LogP contribution is -2.55. The third-order valence-corrected chi connectivity index (χ3v) is 8.98. The van der Waals surface area contributed by atoms with Crippen molar-refractivity contribution >= 4 is 23.7 Å². The molecular formula is C34H37N3O7. The minimum absolute atomic E-state index is 0.0815. The van der Waals surface area contributed by atoms with Crippen LogP contribution in [0.1, 0.15) is 37.0 Å². The van der Waals surface area contributed by atoms with E-state index in [0.717, 1.165) is 5.56 Å². The van der Waals surface area contributed by atoms with Crippen LogP contribution in [0, 0.1) is 11.8 Å². The van der Waals surface area contributed by atoms with Crippen molar-refractivity contribution in [3.63, 3.8) is 0 Å². The van der Waals surface area contributed by atoms with Crippen molar-refractivity contribution in [1.29, 1.82) is 0 Å². The van der Waals surface area contributed by atoms with Gasteiger partial charge < -0.3 is 29.7 Å². The minimum atomic E-state index is -1.45. The molecule has 2 saturated heterocycles. The number of likely N-dealkylation sites (tertiary alicyclic amines) is 1. The number of nitrogens with zero attached hydrogens (tertiary/aromatic N) is 2. The molecule has 6 rings (SSSR count). The van der Waals surface area contributed by atoms with E-state index in [4.69, 9.17) is 9.47 Å². The first-order chi connectivity index (χ1) is 21.3. The number of cyclic esters (lactones) is 1. The Bertz CT molecular complexity index is 1460. The number of benzene rings is 2. The van der Waals surface area contributed by atoms with Gasteiger partial charge in [0, 0.05) is 26.1 Å². The maximum absolute atomic E-state index is 14.3. The van der Waals surface area contributed by atoms with E-state index in [1.165, 1.54) is 4.90 Å². The first-order valence-electron chi connectivity index (χ1n) is 15.1. The van der Waals surface area contributed by atoms with E-state index in [2.05, 4.69) is 5.32 Å². The average Bonchev–Trinajstić information content (AvgIpc) is 3.41. The van der Waals surface area contributed by atoms with E-state index in [9.17, 15) is 24.3 Å². The highest BCUT2D eigenvalue weighted by Gasteiger charge is 2.71. The van der Waals surface area contributed by atoms with Crippen LogP contribution >= 0.6 is 0 Å². The van der Waals surface area contributed by atoms with Crippen LogP contribution in [0.4, 0.5) is 0 Å². The summed E-state index contributed by atoms with van der Waals surface area (Å²) in [6, 6.07) is 17.1. The second-order valence-electron chi connectivity index (χ2n) is 11.8. The summed E-state index contributed by atoms with van der Waals surface area (Å²) in [7, 11) is 0. The van der Waals surface area contributed by atoms with Gasteiger partial charge in [-0.2, -0.15) is 0 Å². The summed E-state index contributed by atoms with van der Waals surface area (Å²) in [6.45, 7) is 1.96. The predicted molar refractivity (Wildman–Crippen MR) is 159 cm³/mol. The molecule has 4 aliphatic heterocycles. The van der Waals surface area contributed by atoms with Gasteiger partial charge in [-0.15, -0.1) is 0 Å². The maximum atomic E-state index is 14.3. The molecule has 2 aromatic rings. The number of fused-ring (bicyclic) bond motifs is 2. The quantitative estimate of drug-likeness (QED) is 0.399. The maximum Gasteiger partial charge on any atom is 0.313 e. The molecule has 10 heteroatoms. The lowest BCUT2D eigenvalue weighted by molar-refractivity contribution is -0.161. The third kappa shape index (κ3) is 5.33. The van der Waals surface area contributed by atoms with Crippen LogP contribution in [0.15, 0.2) is 85.0 Å². The molecule has 0 aromatic heterocycles. The summed E-state index contributed by atoms with van der Waals surface area (Å²) in [5, 5.41) is 12.9. The second kappa shape index (κ2) is 12.4. The fraction of sp³-hybridized carbons (Fsp3) is 0.412. The van der Waals surface area contributed by atoms with Crippen LogP contribution in [0.5, 0.6) is 0 Å². The van der Waals surface area contributed by atoms with E-state index in [1.54, 1.807) is 30.1 Å². The Kier molecular flexibility index (Phi) is 8.38. The van der Waals surface area contributed by atoms with Gasteiger partial charge in [0.2, 0.25) is 17.7 Å². The summed E-state index contributed by atoms with van der Waals surface area (Å²) in [4.78, 5) is 58.5. The number of aliphatic hydroxyl groups is 1. The first kappa shape index (κ1) is 29.8. The van der Waals surface area contributed by atoms with Gasteiger partial charge in [0.1, 0.15) is 23.7 Å². The van der Waals surface area contributed by atoms with Gasteiger partial charge in [-0.3, -0.25) is 19.2 Å². The zero-order valence-electron chi connectivity index (χ0n) is 24.6. The molecule has 4 heterocycles. The molecule has 2 fully saturated rings. The highest BCUT2D eigenvalue weighted by Crippen LogP contribution is 2.53. The molecule has 4 aliphatic rings.